The number of halogens is 1. The van der Waals surface area contributed by atoms with Crippen LogP contribution in [0.3, 0.4) is 0 Å². The fourth-order valence-electron chi connectivity index (χ4n) is 2.32. The van der Waals surface area contributed by atoms with Crippen LogP contribution in [0.2, 0.25) is 0 Å². The van der Waals surface area contributed by atoms with Crippen LogP contribution in [0.4, 0.5) is 4.39 Å². The van der Waals surface area contributed by atoms with Gasteiger partial charge in [-0.3, -0.25) is 0 Å². The molecular weight excluding hydrogens is 315 g/mol. The molecule has 2 aromatic carbocycles. The van der Waals surface area contributed by atoms with Crippen molar-refractivity contribution in [2.75, 3.05) is 19.6 Å². The summed E-state index contributed by atoms with van der Waals surface area (Å²) in [7, 11) is -3.69. The van der Waals surface area contributed by atoms with Crippen LogP contribution in [-0.2, 0) is 16.4 Å². The van der Waals surface area contributed by atoms with Crippen molar-refractivity contribution in [3.63, 3.8) is 0 Å². The van der Waals surface area contributed by atoms with Gasteiger partial charge in [-0.1, -0.05) is 30.3 Å². The molecule has 0 unspecified atom stereocenters. The minimum Gasteiger partial charge on any atom is -0.329 e. The first-order chi connectivity index (χ1) is 10.9. The van der Waals surface area contributed by atoms with Crippen LogP contribution in [-0.4, -0.2) is 32.4 Å². The maximum atomic E-state index is 13.4. The third-order valence-electron chi connectivity index (χ3n) is 3.64. The largest absolute Gasteiger partial charge is 0.329 e. The summed E-state index contributed by atoms with van der Waals surface area (Å²) < 4.78 is 40.2. The molecule has 4 nitrogen and oxygen atoms in total. The second-order valence-corrected chi connectivity index (χ2v) is 7.28. The van der Waals surface area contributed by atoms with Gasteiger partial charge in [0.2, 0.25) is 10.0 Å². The van der Waals surface area contributed by atoms with E-state index in [2.05, 4.69) is 0 Å². The third kappa shape index (κ3) is 4.37. The van der Waals surface area contributed by atoms with E-state index in [9.17, 15) is 12.8 Å². The van der Waals surface area contributed by atoms with Crippen molar-refractivity contribution in [2.24, 2.45) is 5.73 Å². The number of rotatable bonds is 7. The molecule has 0 saturated heterocycles. The second kappa shape index (κ2) is 7.68. The van der Waals surface area contributed by atoms with Crippen molar-refractivity contribution < 1.29 is 12.8 Å². The van der Waals surface area contributed by atoms with E-state index in [0.717, 1.165) is 5.56 Å². The molecule has 0 amide bonds. The van der Waals surface area contributed by atoms with Crippen molar-refractivity contribution >= 4 is 10.0 Å². The molecule has 0 aromatic heterocycles. The molecule has 6 heteroatoms. The van der Waals surface area contributed by atoms with Gasteiger partial charge < -0.3 is 5.73 Å². The van der Waals surface area contributed by atoms with Gasteiger partial charge in [0.05, 0.1) is 4.90 Å². The van der Waals surface area contributed by atoms with E-state index in [0.29, 0.717) is 18.5 Å². The summed E-state index contributed by atoms with van der Waals surface area (Å²) in [5.41, 5.74) is 6.92. The smallest absolute Gasteiger partial charge is 0.243 e. The number of sulfonamides is 1. The zero-order chi connectivity index (χ0) is 16.9. The van der Waals surface area contributed by atoms with E-state index in [4.69, 9.17) is 5.73 Å². The number of benzene rings is 2. The average molecular weight is 336 g/mol. The molecule has 0 atom stereocenters. The van der Waals surface area contributed by atoms with Gasteiger partial charge in [0.25, 0.3) is 0 Å². The first kappa shape index (κ1) is 17.6. The summed E-state index contributed by atoms with van der Waals surface area (Å²) in [5, 5.41) is 0. The maximum absolute atomic E-state index is 13.4. The minimum atomic E-state index is -3.69. The van der Waals surface area contributed by atoms with Gasteiger partial charge in [-0.05, 0) is 42.7 Å². The van der Waals surface area contributed by atoms with E-state index in [-0.39, 0.29) is 18.0 Å². The Morgan fingerprint density at radius 2 is 1.78 bits per heavy atom. The van der Waals surface area contributed by atoms with E-state index < -0.39 is 15.8 Å². The van der Waals surface area contributed by atoms with Gasteiger partial charge in [0.15, 0.2) is 0 Å². The molecule has 0 aliphatic rings. The normalized spacial score (nSPS) is 11.8. The van der Waals surface area contributed by atoms with Crippen molar-refractivity contribution in [1.82, 2.24) is 4.31 Å². The molecule has 0 fully saturated rings. The van der Waals surface area contributed by atoms with Crippen LogP contribution in [0, 0.1) is 12.7 Å². The van der Waals surface area contributed by atoms with E-state index >= 15 is 0 Å². The molecule has 2 N–H and O–H groups in total. The Kier molecular flexibility index (Phi) is 5.87. The number of hydrogen-bond donors (Lipinski definition) is 1. The zero-order valence-corrected chi connectivity index (χ0v) is 13.9. The Labute approximate surface area is 136 Å². The summed E-state index contributed by atoms with van der Waals surface area (Å²) in [5.74, 6) is -0.418. The molecule has 0 aliphatic carbocycles. The summed E-state index contributed by atoms with van der Waals surface area (Å²) in [6, 6.07) is 13.5. The Balaban J connectivity index is 2.22. The van der Waals surface area contributed by atoms with Crippen molar-refractivity contribution in [3.8, 4) is 0 Å². The first-order valence-corrected chi connectivity index (χ1v) is 8.89. The van der Waals surface area contributed by atoms with Crippen molar-refractivity contribution in [1.29, 1.82) is 0 Å². The number of nitrogens with two attached hydrogens (primary N) is 1. The molecule has 2 aromatic rings. The fraction of sp³-hybridized carbons (Fsp3) is 0.294. The predicted octanol–water partition coefficient (Wildman–Crippen LogP) is 2.33. The van der Waals surface area contributed by atoms with Gasteiger partial charge in [-0.2, -0.15) is 4.31 Å². The highest BCUT2D eigenvalue weighted by Crippen LogP contribution is 2.19. The Morgan fingerprint density at radius 1 is 1.09 bits per heavy atom. The van der Waals surface area contributed by atoms with Crippen LogP contribution in [0.15, 0.2) is 53.4 Å². The molecular formula is C17H21FN2O2S. The molecule has 0 radical (unpaired) electrons. The van der Waals surface area contributed by atoms with Gasteiger partial charge in [0, 0.05) is 19.6 Å². The highest BCUT2D eigenvalue weighted by molar-refractivity contribution is 7.89. The quantitative estimate of drug-likeness (QED) is 0.844. The van der Waals surface area contributed by atoms with Crippen molar-refractivity contribution in [2.45, 2.75) is 18.2 Å². The average Bonchev–Trinajstić information content (AvgIpc) is 2.54. The molecule has 124 valence electrons. The summed E-state index contributed by atoms with van der Waals surface area (Å²) in [4.78, 5) is 0.0953. The number of nitrogens with zero attached hydrogens (tertiary/aromatic N) is 1. The van der Waals surface area contributed by atoms with Gasteiger partial charge >= 0.3 is 0 Å². The number of hydrogen-bond acceptors (Lipinski definition) is 3. The zero-order valence-electron chi connectivity index (χ0n) is 13.1. The van der Waals surface area contributed by atoms with Gasteiger partial charge in [0.1, 0.15) is 5.82 Å². The topological polar surface area (TPSA) is 63.4 Å². The molecule has 0 aliphatic heterocycles. The monoisotopic (exact) mass is 336 g/mol. The minimum absolute atomic E-state index is 0.0953. The van der Waals surface area contributed by atoms with Crippen LogP contribution in [0.25, 0.3) is 0 Å². The van der Waals surface area contributed by atoms with E-state index in [1.165, 1.54) is 22.5 Å². The molecule has 2 rings (SSSR count). The van der Waals surface area contributed by atoms with Gasteiger partial charge in [-0.25, -0.2) is 12.8 Å². The van der Waals surface area contributed by atoms with Crippen LogP contribution >= 0.6 is 0 Å². The highest BCUT2D eigenvalue weighted by atomic mass is 32.2. The lowest BCUT2D eigenvalue weighted by Gasteiger charge is -2.22. The highest BCUT2D eigenvalue weighted by Gasteiger charge is 2.24. The lowest BCUT2D eigenvalue weighted by molar-refractivity contribution is 0.421. The first-order valence-electron chi connectivity index (χ1n) is 7.45. The molecule has 0 saturated carbocycles. The lowest BCUT2D eigenvalue weighted by Crippen LogP contribution is -2.37. The summed E-state index contributed by atoms with van der Waals surface area (Å²) >= 11 is 0. The fourth-order valence-corrected chi connectivity index (χ4v) is 3.86. The van der Waals surface area contributed by atoms with E-state index in [1.54, 1.807) is 6.92 Å². The Morgan fingerprint density at radius 3 is 2.39 bits per heavy atom. The predicted molar refractivity (Wildman–Crippen MR) is 89.1 cm³/mol. The maximum Gasteiger partial charge on any atom is 0.243 e. The van der Waals surface area contributed by atoms with Gasteiger partial charge in [-0.15, -0.1) is 0 Å². The molecule has 0 heterocycles. The van der Waals surface area contributed by atoms with Crippen LogP contribution in [0.5, 0.6) is 0 Å². The lowest BCUT2D eigenvalue weighted by atomic mass is 10.1. The van der Waals surface area contributed by atoms with Crippen LogP contribution < -0.4 is 5.73 Å². The number of aryl methyl sites for hydroxylation is 1. The Bertz CT molecular complexity index is 748. The molecule has 0 bridgehead atoms. The Hall–Kier alpha value is -1.76. The SMILES string of the molecule is Cc1cc(S(=O)(=O)N(CCN)CCc2ccccc2)ccc1F. The second-order valence-electron chi connectivity index (χ2n) is 5.34. The molecule has 23 heavy (non-hydrogen) atoms. The third-order valence-corrected chi connectivity index (χ3v) is 5.53. The van der Waals surface area contributed by atoms with Crippen LogP contribution in [0.1, 0.15) is 11.1 Å². The van der Waals surface area contributed by atoms with E-state index in [1.807, 2.05) is 30.3 Å². The van der Waals surface area contributed by atoms with Crippen molar-refractivity contribution in [3.05, 3.63) is 65.5 Å². The molecule has 0 spiro atoms. The summed E-state index contributed by atoms with van der Waals surface area (Å²) in [6.07, 6.45) is 0.597. The standard InChI is InChI=1S/C17H21FN2O2S/c1-14-13-16(7-8-17(14)18)23(21,22)20(12-10-19)11-9-15-5-3-2-4-6-15/h2-8,13H,9-12,19H2,1H3. The summed E-state index contributed by atoms with van der Waals surface area (Å²) in [6.45, 7) is 2.34.